The van der Waals surface area contributed by atoms with E-state index in [1.54, 1.807) is 6.08 Å². The maximum Gasteiger partial charge on any atom is 0.373 e. The number of cyclic esters (lactones) is 1. The zero-order valence-electron chi connectivity index (χ0n) is 7.53. The summed E-state index contributed by atoms with van der Waals surface area (Å²) in [6, 6.07) is 0. The van der Waals surface area contributed by atoms with Gasteiger partial charge in [0.25, 0.3) is 0 Å². The van der Waals surface area contributed by atoms with Crippen LogP contribution in [0.15, 0.2) is 11.8 Å². The first kappa shape index (κ1) is 8.60. The third-order valence-electron chi connectivity index (χ3n) is 2.89. The first-order valence-electron chi connectivity index (χ1n) is 4.89. The van der Waals surface area contributed by atoms with Crippen LogP contribution in [0.25, 0.3) is 0 Å². The number of rotatable bonds is 1. The van der Waals surface area contributed by atoms with Gasteiger partial charge in [-0.05, 0) is 18.8 Å². The Kier molecular flexibility index (Phi) is 2.25. The maximum absolute atomic E-state index is 10.9. The maximum atomic E-state index is 10.9. The van der Waals surface area contributed by atoms with Crippen LogP contribution in [0.4, 0.5) is 0 Å². The Morgan fingerprint density at radius 1 is 1.31 bits per heavy atom. The molecule has 2 aliphatic rings. The Balaban J connectivity index is 1.98. The summed E-state index contributed by atoms with van der Waals surface area (Å²) in [6.07, 6.45) is 7.34. The quantitative estimate of drug-likeness (QED) is 0.630. The Bertz CT molecular complexity index is 239. The molecule has 0 bridgehead atoms. The molecule has 72 valence electrons. The second-order valence-electron chi connectivity index (χ2n) is 3.82. The zero-order chi connectivity index (χ0) is 9.26. The van der Waals surface area contributed by atoms with Gasteiger partial charge in [0, 0.05) is 6.08 Å². The van der Waals surface area contributed by atoms with Crippen molar-refractivity contribution in [3.8, 4) is 0 Å². The van der Waals surface area contributed by atoms with Crippen molar-refractivity contribution in [2.45, 2.75) is 38.2 Å². The normalized spacial score (nSPS) is 30.0. The molecule has 1 aliphatic heterocycles. The molecule has 1 fully saturated rings. The second kappa shape index (κ2) is 3.40. The molecule has 1 N–H and O–H groups in total. The molecule has 3 heteroatoms. The molecule has 0 spiro atoms. The first-order chi connectivity index (χ1) is 6.27. The average molecular weight is 182 g/mol. The Labute approximate surface area is 77.4 Å². The average Bonchev–Trinajstić information content (AvgIpc) is 2.49. The van der Waals surface area contributed by atoms with Crippen molar-refractivity contribution in [3.05, 3.63) is 11.8 Å². The van der Waals surface area contributed by atoms with E-state index in [1.807, 2.05) is 0 Å². The van der Waals surface area contributed by atoms with E-state index in [4.69, 9.17) is 9.84 Å². The Morgan fingerprint density at radius 2 is 2.00 bits per heavy atom. The number of aliphatic hydroxyl groups excluding tert-OH is 1. The molecule has 0 saturated heterocycles. The van der Waals surface area contributed by atoms with E-state index in [1.165, 1.54) is 19.3 Å². The van der Waals surface area contributed by atoms with Crippen LogP contribution in [-0.4, -0.2) is 17.2 Å². The molecule has 1 heterocycles. The van der Waals surface area contributed by atoms with Crippen molar-refractivity contribution in [2.75, 3.05) is 0 Å². The van der Waals surface area contributed by atoms with Crippen molar-refractivity contribution in [1.82, 2.24) is 0 Å². The van der Waals surface area contributed by atoms with Crippen LogP contribution in [0.1, 0.15) is 32.1 Å². The predicted octanol–water partition coefficient (Wildman–Crippen LogP) is 1.93. The van der Waals surface area contributed by atoms with E-state index < -0.39 is 5.97 Å². The minimum absolute atomic E-state index is 0.159. The molecular formula is C10H14O3. The van der Waals surface area contributed by atoms with Crippen LogP contribution < -0.4 is 0 Å². The molecule has 1 saturated carbocycles. The van der Waals surface area contributed by atoms with Gasteiger partial charge in [0.05, 0.1) is 0 Å². The summed E-state index contributed by atoms with van der Waals surface area (Å²) >= 11 is 0. The van der Waals surface area contributed by atoms with Crippen molar-refractivity contribution < 1.29 is 14.6 Å². The lowest BCUT2D eigenvalue weighted by Gasteiger charge is -2.24. The summed E-state index contributed by atoms with van der Waals surface area (Å²) in [5.74, 6) is -0.339. The highest BCUT2D eigenvalue weighted by Crippen LogP contribution is 2.31. The standard InChI is InChI=1S/C10H14O3/c11-8-6-9(13-10(8)12)7-4-2-1-3-5-7/h6-7,9,11H,1-5H2. The van der Waals surface area contributed by atoms with E-state index >= 15 is 0 Å². The van der Waals surface area contributed by atoms with Crippen molar-refractivity contribution in [1.29, 1.82) is 0 Å². The van der Waals surface area contributed by atoms with Gasteiger partial charge in [-0.3, -0.25) is 0 Å². The third-order valence-corrected chi connectivity index (χ3v) is 2.89. The van der Waals surface area contributed by atoms with Crippen LogP contribution in [0, 0.1) is 5.92 Å². The van der Waals surface area contributed by atoms with Gasteiger partial charge in [-0.1, -0.05) is 19.3 Å². The molecular weight excluding hydrogens is 168 g/mol. The van der Waals surface area contributed by atoms with Gasteiger partial charge in [-0.25, -0.2) is 4.79 Å². The number of hydrogen-bond donors (Lipinski definition) is 1. The summed E-state index contributed by atoms with van der Waals surface area (Å²) in [4.78, 5) is 10.9. The number of carbonyl (C=O) groups is 1. The molecule has 0 aromatic carbocycles. The number of ether oxygens (including phenoxy) is 1. The molecule has 0 amide bonds. The lowest BCUT2D eigenvalue weighted by molar-refractivity contribution is -0.144. The van der Waals surface area contributed by atoms with Crippen LogP contribution in [0.2, 0.25) is 0 Å². The van der Waals surface area contributed by atoms with Crippen molar-refractivity contribution in [3.63, 3.8) is 0 Å². The third kappa shape index (κ3) is 1.69. The van der Waals surface area contributed by atoms with Crippen molar-refractivity contribution in [2.24, 2.45) is 5.92 Å². The molecule has 3 nitrogen and oxygen atoms in total. The predicted molar refractivity (Wildman–Crippen MR) is 47.2 cm³/mol. The van der Waals surface area contributed by atoms with Gasteiger partial charge in [-0.2, -0.15) is 0 Å². The van der Waals surface area contributed by atoms with Crippen molar-refractivity contribution >= 4 is 5.97 Å². The highest BCUT2D eigenvalue weighted by Gasteiger charge is 2.32. The van der Waals surface area contributed by atoms with Crippen LogP contribution in [-0.2, 0) is 9.53 Å². The molecule has 1 aliphatic carbocycles. The molecule has 0 radical (unpaired) electrons. The molecule has 2 rings (SSSR count). The van der Waals surface area contributed by atoms with Crippen LogP contribution >= 0.6 is 0 Å². The van der Waals surface area contributed by atoms with E-state index in [0.717, 1.165) is 12.8 Å². The topological polar surface area (TPSA) is 46.5 Å². The number of carbonyl (C=O) groups excluding carboxylic acids is 1. The monoisotopic (exact) mass is 182 g/mol. The number of esters is 1. The highest BCUT2D eigenvalue weighted by molar-refractivity contribution is 5.88. The minimum atomic E-state index is -0.560. The van der Waals surface area contributed by atoms with Gasteiger partial charge in [0.1, 0.15) is 6.10 Å². The smallest absolute Gasteiger partial charge is 0.373 e. The summed E-state index contributed by atoms with van der Waals surface area (Å²) in [6.45, 7) is 0. The van der Waals surface area contributed by atoms with Crippen LogP contribution in [0.3, 0.4) is 0 Å². The second-order valence-corrected chi connectivity index (χ2v) is 3.82. The first-order valence-corrected chi connectivity index (χ1v) is 4.89. The fourth-order valence-electron chi connectivity index (χ4n) is 2.14. The summed E-state index contributed by atoms with van der Waals surface area (Å²) < 4.78 is 5.03. The van der Waals surface area contributed by atoms with Gasteiger partial charge in [0.2, 0.25) is 5.76 Å². The molecule has 13 heavy (non-hydrogen) atoms. The summed E-state index contributed by atoms with van der Waals surface area (Å²) in [7, 11) is 0. The molecule has 0 aromatic rings. The molecule has 0 aromatic heterocycles. The van der Waals surface area contributed by atoms with E-state index in [-0.39, 0.29) is 11.9 Å². The van der Waals surface area contributed by atoms with Gasteiger partial charge in [-0.15, -0.1) is 0 Å². The largest absolute Gasteiger partial charge is 0.502 e. The summed E-state index contributed by atoms with van der Waals surface area (Å²) in [5.41, 5.74) is 0. The minimum Gasteiger partial charge on any atom is -0.502 e. The number of hydrogen-bond acceptors (Lipinski definition) is 3. The SMILES string of the molecule is O=C1OC(C2CCCCC2)C=C1O. The van der Waals surface area contributed by atoms with Gasteiger partial charge < -0.3 is 9.84 Å². The van der Waals surface area contributed by atoms with Crippen LogP contribution in [0.5, 0.6) is 0 Å². The fourth-order valence-corrected chi connectivity index (χ4v) is 2.14. The Morgan fingerprint density at radius 3 is 2.54 bits per heavy atom. The lowest BCUT2D eigenvalue weighted by Crippen LogP contribution is -2.22. The molecule has 1 atom stereocenters. The van der Waals surface area contributed by atoms with E-state index in [0.29, 0.717) is 5.92 Å². The lowest BCUT2D eigenvalue weighted by atomic mass is 9.85. The summed E-state index contributed by atoms with van der Waals surface area (Å²) in [5, 5.41) is 9.09. The number of aliphatic hydroxyl groups is 1. The van der Waals surface area contributed by atoms with Gasteiger partial charge >= 0.3 is 5.97 Å². The highest BCUT2D eigenvalue weighted by atomic mass is 16.6. The molecule has 1 unspecified atom stereocenters. The van der Waals surface area contributed by atoms with Gasteiger partial charge in [0.15, 0.2) is 0 Å². The fraction of sp³-hybridized carbons (Fsp3) is 0.700. The zero-order valence-corrected chi connectivity index (χ0v) is 7.53. The van der Waals surface area contributed by atoms with E-state index in [2.05, 4.69) is 0 Å². The Hall–Kier alpha value is -0.990. The van der Waals surface area contributed by atoms with E-state index in [9.17, 15) is 4.79 Å².